The first kappa shape index (κ1) is 20.8. The molecule has 1 fully saturated rings. The summed E-state index contributed by atoms with van der Waals surface area (Å²) in [5, 5.41) is 6.33. The number of nitrogen functional groups attached to an aromatic ring is 1. The van der Waals surface area contributed by atoms with E-state index in [0.29, 0.717) is 5.82 Å². The van der Waals surface area contributed by atoms with Crippen molar-refractivity contribution in [3.05, 3.63) is 11.7 Å². The zero-order valence-corrected chi connectivity index (χ0v) is 15.4. The van der Waals surface area contributed by atoms with Crippen molar-refractivity contribution in [3.8, 4) is 6.01 Å². The van der Waals surface area contributed by atoms with Crippen LogP contribution in [0.5, 0.6) is 6.01 Å². The Morgan fingerprint density at radius 1 is 1.31 bits per heavy atom. The summed E-state index contributed by atoms with van der Waals surface area (Å²) in [5.41, 5.74) is 5.87. The fraction of sp³-hybridized carbons (Fsp3) is 0.600. The molecule has 1 aliphatic heterocycles. The van der Waals surface area contributed by atoms with Crippen LogP contribution in [0.4, 0.5) is 39.3 Å². The Morgan fingerprint density at radius 3 is 2.59 bits per heavy atom. The summed E-state index contributed by atoms with van der Waals surface area (Å²) < 4.78 is 75.4. The topological polar surface area (TPSA) is 115 Å². The second-order valence-electron chi connectivity index (χ2n) is 6.51. The van der Waals surface area contributed by atoms with Crippen LogP contribution in [0.25, 0.3) is 0 Å². The predicted molar refractivity (Wildman–Crippen MR) is 90.7 cm³/mol. The zero-order chi connectivity index (χ0) is 21.4. The number of nitrogens with one attached hydrogen (secondary N) is 1. The lowest BCUT2D eigenvalue weighted by Crippen LogP contribution is -2.32. The van der Waals surface area contributed by atoms with Crippen LogP contribution in [-0.4, -0.2) is 51.4 Å². The molecule has 14 heteroatoms. The minimum absolute atomic E-state index is 0.0497. The van der Waals surface area contributed by atoms with Crippen LogP contribution in [0.15, 0.2) is 4.52 Å². The Hall–Kier alpha value is -2.93. The van der Waals surface area contributed by atoms with Gasteiger partial charge in [-0.1, -0.05) is 5.16 Å². The molecule has 0 spiro atoms. The van der Waals surface area contributed by atoms with Crippen LogP contribution in [0.2, 0.25) is 0 Å². The number of hydrogen-bond acceptors (Lipinski definition) is 9. The van der Waals surface area contributed by atoms with Crippen molar-refractivity contribution >= 4 is 17.3 Å². The van der Waals surface area contributed by atoms with Crippen molar-refractivity contribution in [2.45, 2.75) is 45.0 Å². The summed E-state index contributed by atoms with van der Waals surface area (Å²) in [6.45, 7) is 1.57. The van der Waals surface area contributed by atoms with E-state index in [4.69, 9.17) is 15.0 Å². The third-order valence-corrected chi connectivity index (χ3v) is 4.09. The lowest BCUT2D eigenvalue weighted by molar-refractivity contribution is -0.190. The second-order valence-corrected chi connectivity index (χ2v) is 6.51. The Labute approximate surface area is 161 Å². The number of ether oxygens (including phenoxy) is 1. The third kappa shape index (κ3) is 4.92. The van der Waals surface area contributed by atoms with Crippen molar-refractivity contribution in [1.82, 2.24) is 20.1 Å². The van der Waals surface area contributed by atoms with Gasteiger partial charge >= 0.3 is 12.2 Å². The number of aromatic nitrogens is 4. The molecule has 0 saturated carbocycles. The molecule has 0 bridgehead atoms. The van der Waals surface area contributed by atoms with E-state index < -0.39 is 37.2 Å². The number of alkyl halides is 5. The van der Waals surface area contributed by atoms with Gasteiger partial charge in [0.05, 0.1) is 13.1 Å². The van der Waals surface area contributed by atoms with Crippen molar-refractivity contribution in [1.29, 1.82) is 0 Å². The standard InChI is InChI=1S/C15H18F5N7O2/c1-7(15(18,19)20)28-13-24-11(22-5-9-23-8(2)26-29-9)10(21)12(25-13)27-4-3-14(16,17)6-27/h7H,3-6,21H2,1-2H3,(H,22,24,25). The Kier molecular flexibility index (Phi) is 5.36. The molecule has 1 aliphatic rings. The Bertz CT molecular complexity index is 873. The molecule has 9 nitrogen and oxygen atoms in total. The van der Waals surface area contributed by atoms with Crippen LogP contribution in [0.3, 0.4) is 0 Å². The van der Waals surface area contributed by atoms with E-state index in [9.17, 15) is 22.0 Å². The summed E-state index contributed by atoms with van der Waals surface area (Å²) in [4.78, 5) is 12.8. The SMILES string of the molecule is Cc1noc(CNc2nc(OC(C)C(F)(F)F)nc(N3CCC(F)(F)C3)c2N)n1. The minimum Gasteiger partial charge on any atom is -0.451 e. The molecule has 2 aromatic rings. The van der Waals surface area contributed by atoms with Gasteiger partial charge in [0.15, 0.2) is 23.6 Å². The van der Waals surface area contributed by atoms with E-state index in [2.05, 4.69) is 25.4 Å². The zero-order valence-electron chi connectivity index (χ0n) is 15.4. The molecule has 3 rings (SSSR count). The predicted octanol–water partition coefficient (Wildman–Crippen LogP) is 2.54. The lowest BCUT2D eigenvalue weighted by Gasteiger charge is -2.22. The highest BCUT2D eigenvalue weighted by atomic mass is 19.4. The average molecular weight is 423 g/mol. The smallest absolute Gasteiger partial charge is 0.425 e. The number of rotatable bonds is 6. The van der Waals surface area contributed by atoms with Gasteiger partial charge in [-0.25, -0.2) is 8.78 Å². The maximum Gasteiger partial charge on any atom is 0.425 e. The molecule has 160 valence electrons. The summed E-state index contributed by atoms with van der Waals surface area (Å²) in [7, 11) is 0. The third-order valence-electron chi connectivity index (χ3n) is 4.09. The number of anilines is 3. The fourth-order valence-corrected chi connectivity index (χ4v) is 2.58. The maximum absolute atomic E-state index is 13.6. The van der Waals surface area contributed by atoms with Crippen molar-refractivity contribution in [2.24, 2.45) is 0 Å². The van der Waals surface area contributed by atoms with Crippen LogP contribution < -0.4 is 20.7 Å². The first-order valence-corrected chi connectivity index (χ1v) is 8.51. The highest BCUT2D eigenvalue weighted by Crippen LogP contribution is 2.36. The van der Waals surface area contributed by atoms with Gasteiger partial charge in [-0.05, 0) is 13.8 Å². The molecule has 3 N–H and O–H groups in total. The van der Waals surface area contributed by atoms with Gasteiger partial charge in [0.2, 0.25) is 5.89 Å². The van der Waals surface area contributed by atoms with Gasteiger partial charge in [-0.3, -0.25) is 0 Å². The molecule has 0 amide bonds. The van der Waals surface area contributed by atoms with E-state index in [1.54, 1.807) is 6.92 Å². The number of hydrogen-bond donors (Lipinski definition) is 2. The van der Waals surface area contributed by atoms with E-state index in [-0.39, 0.29) is 36.3 Å². The maximum atomic E-state index is 13.6. The Balaban J connectivity index is 1.90. The number of aryl methyl sites for hydroxylation is 1. The van der Waals surface area contributed by atoms with Crippen LogP contribution in [0, 0.1) is 6.92 Å². The van der Waals surface area contributed by atoms with Crippen molar-refractivity contribution in [3.63, 3.8) is 0 Å². The molecular formula is C15H18F5N7O2. The number of nitrogens with zero attached hydrogens (tertiary/aromatic N) is 5. The van der Waals surface area contributed by atoms with Gasteiger partial charge in [0.1, 0.15) is 5.69 Å². The van der Waals surface area contributed by atoms with Gasteiger partial charge < -0.3 is 25.2 Å². The second kappa shape index (κ2) is 7.48. The highest BCUT2D eigenvalue weighted by molar-refractivity contribution is 5.76. The molecule has 2 aromatic heterocycles. The molecule has 3 heterocycles. The molecule has 1 atom stereocenters. The number of halogens is 5. The fourth-order valence-electron chi connectivity index (χ4n) is 2.58. The molecular weight excluding hydrogens is 405 g/mol. The summed E-state index contributed by atoms with van der Waals surface area (Å²) in [6.07, 6.45) is -7.32. The quantitative estimate of drug-likeness (QED) is 0.676. The average Bonchev–Trinajstić information content (AvgIpc) is 3.19. The lowest BCUT2D eigenvalue weighted by atomic mass is 10.3. The molecule has 0 radical (unpaired) electrons. The first-order chi connectivity index (χ1) is 13.4. The molecule has 0 aromatic carbocycles. The van der Waals surface area contributed by atoms with Gasteiger partial charge in [-0.15, -0.1) is 0 Å². The van der Waals surface area contributed by atoms with Crippen molar-refractivity contribution in [2.75, 3.05) is 29.0 Å². The molecule has 0 aliphatic carbocycles. The van der Waals surface area contributed by atoms with Crippen LogP contribution in [0.1, 0.15) is 25.1 Å². The van der Waals surface area contributed by atoms with Crippen LogP contribution >= 0.6 is 0 Å². The van der Waals surface area contributed by atoms with E-state index in [1.165, 1.54) is 4.90 Å². The molecule has 1 unspecified atom stereocenters. The summed E-state index contributed by atoms with van der Waals surface area (Å²) >= 11 is 0. The monoisotopic (exact) mass is 423 g/mol. The van der Waals surface area contributed by atoms with E-state index in [1.807, 2.05) is 0 Å². The summed E-state index contributed by atoms with van der Waals surface area (Å²) in [6, 6.07) is -0.654. The molecule has 29 heavy (non-hydrogen) atoms. The minimum atomic E-state index is -4.67. The summed E-state index contributed by atoms with van der Waals surface area (Å²) in [5.74, 6) is -2.68. The highest BCUT2D eigenvalue weighted by Gasteiger charge is 2.41. The van der Waals surface area contributed by atoms with Crippen LogP contribution in [-0.2, 0) is 6.54 Å². The largest absolute Gasteiger partial charge is 0.451 e. The number of nitrogens with two attached hydrogens (primary N) is 1. The van der Waals surface area contributed by atoms with Gasteiger partial charge in [-0.2, -0.15) is 28.1 Å². The van der Waals surface area contributed by atoms with Crippen molar-refractivity contribution < 1.29 is 31.2 Å². The first-order valence-electron chi connectivity index (χ1n) is 8.51. The van der Waals surface area contributed by atoms with Gasteiger partial charge in [0.25, 0.3) is 5.92 Å². The van der Waals surface area contributed by atoms with E-state index in [0.717, 1.165) is 6.92 Å². The van der Waals surface area contributed by atoms with Gasteiger partial charge in [0, 0.05) is 13.0 Å². The molecule has 1 saturated heterocycles. The Morgan fingerprint density at radius 2 is 2.03 bits per heavy atom. The van der Waals surface area contributed by atoms with E-state index >= 15 is 0 Å². The normalized spacial score (nSPS) is 17.4.